The molecule has 0 aromatic heterocycles. The van der Waals surface area contributed by atoms with Gasteiger partial charge in [-0.1, -0.05) is 40.5 Å². The molecule has 0 aliphatic rings. The van der Waals surface area contributed by atoms with Gasteiger partial charge in [0.15, 0.2) is 0 Å². The quantitative estimate of drug-likeness (QED) is 0.446. The van der Waals surface area contributed by atoms with Crippen molar-refractivity contribution in [3.05, 3.63) is 0 Å². The van der Waals surface area contributed by atoms with E-state index in [9.17, 15) is 14.4 Å². The summed E-state index contributed by atoms with van der Waals surface area (Å²) >= 11 is 0. The maximum Gasteiger partial charge on any atom is 0.470 e. The van der Waals surface area contributed by atoms with E-state index < -0.39 is 13.9 Å². The molecule has 0 spiro atoms. The van der Waals surface area contributed by atoms with Gasteiger partial charge in [-0.3, -0.25) is 4.52 Å². The van der Waals surface area contributed by atoms with Crippen LogP contribution in [0.4, 0.5) is 0 Å². The van der Waals surface area contributed by atoms with E-state index in [0.29, 0.717) is 22.9 Å². The number of rotatable bonds is 11. The van der Waals surface area contributed by atoms with Gasteiger partial charge in [0.05, 0.1) is 21.1 Å². The lowest BCUT2D eigenvalue weighted by atomic mass is 9.87. The number of hydrogen-bond donors (Lipinski definition) is 2. The average molecular weight is 338 g/mol. The number of hydrogen-bond acceptors (Lipinski definition) is 2. The van der Waals surface area contributed by atoms with Crippen LogP contribution in [-0.4, -0.2) is 48.1 Å². The van der Waals surface area contributed by atoms with Gasteiger partial charge in [0.25, 0.3) is 0 Å². The third-order valence-corrected chi connectivity index (χ3v) is 4.30. The zero-order valence-electron chi connectivity index (χ0n) is 15.5. The first-order chi connectivity index (χ1) is 9.80. The van der Waals surface area contributed by atoms with Gasteiger partial charge in [-0.2, -0.15) is 0 Å². The Hall–Kier alpha value is 0.0700. The lowest BCUT2D eigenvalue weighted by Crippen LogP contribution is -2.45. The van der Waals surface area contributed by atoms with E-state index in [0.717, 1.165) is 25.7 Å². The predicted octanol–water partition coefficient (Wildman–Crippen LogP) is 3.66. The molecule has 0 saturated heterocycles. The van der Waals surface area contributed by atoms with Crippen LogP contribution in [0.15, 0.2) is 0 Å². The Labute approximate surface area is 136 Å². The molecule has 0 heterocycles. The first-order valence-electron chi connectivity index (χ1n) is 8.34. The highest BCUT2D eigenvalue weighted by Gasteiger charge is 2.33. The molecule has 6 heteroatoms. The molecule has 22 heavy (non-hydrogen) atoms. The van der Waals surface area contributed by atoms with Crippen molar-refractivity contribution in [2.24, 2.45) is 17.8 Å². The molecule has 0 fully saturated rings. The highest BCUT2D eigenvalue weighted by Crippen LogP contribution is 2.41. The summed E-state index contributed by atoms with van der Waals surface area (Å²) in [4.78, 5) is 18.5. The van der Waals surface area contributed by atoms with Crippen molar-refractivity contribution >= 4 is 7.82 Å². The topological polar surface area (TPSA) is 66.8 Å². The molecule has 0 aliphatic heterocycles. The zero-order chi connectivity index (χ0) is 17.6. The lowest BCUT2D eigenvalue weighted by molar-refractivity contribution is -0.873. The number of likely N-dealkylation sites (N-methyl/N-ethyl adjacent to an activating group) is 1. The molecule has 0 rings (SSSR count). The van der Waals surface area contributed by atoms with Gasteiger partial charge in [-0.25, -0.2) is 4.57 Å². The van der Waals surface area contributed by atoms with Crippen molar-refractivity contribution < 1.29 is 23.4 Å². The summed E-state index contributed by atoms with van der Waals surface area (Å²) in [6.07, 6.45) is 3.62. The van der Waals surface area contributed by atoms with Crippen LogP contribution in [-0.2, 0) is 9.09 Å². The van der Waals surface area contributed by atoms with Crippen molar-refractivity contribution in [3.63, 3.8) is 0 Å². The SMILES string of the molecule is CC(C)CCC(CCC(C)C)C(C[N+](C)(C)C)OP(=O)(O)O. The van der Waals surface area contributed by atoms with E-state index in [1.165, 1.54) is 0 Å². The maximum absolute atomic E-state index is 11.4. The van der Waals surface area contributed by atoms with E-state index in [1.54, 1.807) is 0 Å². The molecular formula is C16H37NO4P+. The van der Waals surface area contributed by atoms with E-state index >= 15 is 0 Å². The van der Waals surface area contributed by atoms with Crippen LogP contribution in [0.5, 0.6) is 0 Å². The largest absolute Gasteiger partial charge is 0.470 e. The molecule has 0 bridgehead atoms. The smallest absolute Gasteiger partial charge is 0.329 e. The van der Waals surface area contributed by atoms with Gasteiger partial charge >= 0.3 is 7.82 Å². The summed E-state index contributed by atoms with van der Waals surface area (Å²) in [5.41, 5.74) is 0. The normalized spacial score (nSPS) is 15.1. The molecule has 0 aromatic rings. The Balaban J connectivity index is 5.07. The fraction of sp³-hybridized carbons (Fsp3) is 1.00. The molecule has 0 amide bonds. The minimum absolute atomic E-state index is 0.190. The molecule has 0 saturated carbocycles. The summed E-state index contributed by atoms with van der Waals surface area (Å²) in [5, 5.41) is 0. The van der Waals surface area contributed by atoms with Crippen molar-refractivity contribution in [1.82, 2.24) is 0 Å². The fourth-order valence-electron chi connectivity index (χ4n) is 2.60. The van der Waals surface area contributed by atoms with E-state index in [-0.39, 0.29) is 5.92 Å². The Kier molecular flexibility index (Phi) is 9.42. The standard InChI is InChI=1S/C16H36NO4P/c1-13(2)8-10-15(11-9-14(3)4)16(12-17(5,6)7)21-22(18,19)20/h13-16H,8-12H2,1-7H3,(H-,18,19,20)/p+1. The summed E-state index contributed by atoms with van der Waals surface area (Å²) in [6, 6.07) is 0. The van der Waals surface area contributed by atoms with Gasteiger partial charge < -0.3 is 14.3 Å². The van der Waals surface area contributed by atoms with E-state index in [4.69, 9.17) is 4.52 Å². The minimum atomic E-state index is -4.47. The summed E-state index contributed by atoms with van der Waals surface area (Å²) in [7, 11) is 1.61. The third kappa shape index (κ3) is 12.6. The third-order valence-electron chi connectivity index (χ3n) is 3.76. The average Bonchev–Trinajstić information content (AvgIpc) is 2.23. The minimum Gasteiger partial charge on any atom is -0.329 e. The lowest BCUT2D eigenvalue weighted by Gasteiger charge is -2.34. The molecule has 0 radical (unpaired) electrons. The van der Waals surface area contributed by atoms with Crippen LogP contribution in [0.25, 0.3) is 0 Å². The highest BCUT2D eigenvalue weighted by atomic mass is 31.2. The Morgan fingerprint density at radius 3 is 1.59 bits per heavy atom. The molecule has 5 nitrogen and oxygen atoms in total. The van der Waals surface area contributed by atoms with Crippen LogP contribution in [0, 0.1) is 17.8 Å². The monoisotopic (exact) mass is 338 g/mol. The van der Waals surface area contributed by atoms with E-state index in [1.807, 2.05) is 21.1 Å². The second kappa shape index (κ2) is 9.39. The first kappa shape index (κ1) is 22.1. The number of nitrogens with zero attached hydrogens (tertiary/aromatic N) is 1. The van der Waals surface area contributed by atoms with Crippen molar-refractivity contribution in [1.29, 1.82) is 0 Å². The van der Waals surface area contributed by atoms with Crippen molar-refractivity contribution in [2.45, 2.75) is 59.5 Å². The van der Waals surface area contributed by atoms with Gasteiger partial charge in [0, 0.05) is 0 Å². The van der Waals surface area contributed by atoms with Crippen LogP contribution < -0.4 is 0 Å². The van der Waals surface area contributed by atoms with Gasteiger partial charge in [0.1, 0.15) is 12.6 Å². The molecule has 0 aromatic carbocycles. The van der Waals surface area contributed by atoms with Crippen molar-refractivity contribution in [3.8, 4) is 0 Å². The van der Waals surface area contributed by atoms with Gasteiger partial charge in [-0.05, 0) is 30.6 Å². The number of phosphoric ester groups is 1. The first-order valence-corrected chi connectivity index (χ1v) is 9.87. The molecule has 1 atom stereocenters. The molecule has 0 aliphatic carbocycles. The highest BCUT2D eigenvalue weighted by molar-refractivity contribution is 7.46. The number of phosphoric acid groups is 1. The number of quaternary nitrogens is 1. The van der Waals surface area contributed by atoms with E-state index in [2.05, 4.69) is 27.7 Å². The van der Waals surface area contributed by atoms with Gasteiger partial charge in [0.2, 0.25) is 0 Å². The second-order valence-corrected chi connectivity index (χ2v) is 9.50. The Bertz CT molecular complexity index is 335. The van der Waals surface area contributed by atoms with Gasteiger partial charge in [-0.15, -0.1) is 0 Å². The van der Waals surface area contributed by atoms with Crippen molar-refractivity contribution in [2.75, 3.05) is 27.7 Å². The van der Waals surface area contributed by atoms with Crippen LogP contribution in [0.1, 0.15) is 53.4 Å². The molecule has 2 N–H and O–H groups in total. The predicted molar refractivity (Wildman–Crippen MR) is 91.5 cm³/mol. The fourth-order valence-corrected chi connectivity index (χ4v) is 3.19. The Morgan fingerprint density at radius 2 is 1.32 bits per heavy atom. The zero-order valence-corrected chi connectivity index (χ0v) is 16.3. The summed E-state index contributed by atoms with van der Waals surface area (Å²) in [6.45, 7) is 9.32. The Morgan fingerprint density at radius 1 is 0.909 bits per heavy atom. The summed E-state index contributed by atoms with van der Waals surface area (Å²) < 4.78 is 17.2. The molecular weight excluding hydrogens is 301 g/mol. The molecule has 1 unspecified atom stereocenters. The van der Waals surface area contributed by atoms with Crippen LogP contribution in [0.3, 0.4) is 0 Å². The molecule has 134 valence electrons. The second-order valence-electron chi connectivity index (χ2n) is 8.31. The maximum atomic E-state index is 11.4. The van der Waals surface area contributed by atoms with Crippen LogP contribution >= 0.6 is 7.82 Å². The van der Waals surface area contributed by atoms with Crippen LogP contribution in [0.2, 0.25) is 0 Å². The summed E-state index contributed by atoms with van der Waals surface area (Å²) in [5.74, 6) is 1.36.